The molecule has 0 saturated carbocycles. The van der Waals surface area contributed by atoms with E-state index in [1.165, 1.54) is 18.4 Å². The standard InChI is InChI=1S/C25H30N4O5S/c1-5-6-14-29(24(31)20-12-11-19(33-3)16-21(20)34-4)15-13-22(30)26-25-28-27-23(35-25)17-7-9-18(32-2)10-8-17/h7-12,16H,5-6,13-15H2,1-4H3,(H,26,28,30). The van der Waals surface area contributed by atoms with Crippen molar-refractivity contribution in [2.24, 2.45) is 0 Å². The van der Waals surface area contributed by atoms with Crippen molar-refractivity contribution in [3.63, 3.8) is 0 Å². The fourth-order valence-electron chi connectivity index (χ4n) is 3.35. The number of unbranched alkanes of at least 4 members (excludes halogenated alkanes) is 1. The number of carbonyl (C=O) groups excluding carboxylic acids is 2. The normalized spacial score (nSPS) is 10.5. The molecule has 0 atom stereocenters. The molecule has 186 valence electrons. The van der Waals surface area contributed by atoms with Crippen LogP contribution in [0.1, 0.15) is 36.5 Å². The summed E-state index contributed by atoms with van der Waals surface area (Å²) in [5.41, 5.74) is 1.31. The van der Waals surface area contributed by atoms with Crippen molar-refractivity contribution in [1.29, 1.82) is 0 Å². The van der Waals surface area contributed by atoms with Crippen molar-refractivity contribution in [3.05, 3.63) is 48.0 Å². The lowest BCUT2D eigenvalue weighted by Crippen LogP contribution is -2.35. The molecule has 1 aromatic heterocycles. The summed E-state index contributed by atoms with van der Waals surface area (Å²) in [5, 5.41) is 12.1. The molecule has 9 nitrogen and oxygen atoms in total. The average molecular weight is 499 g/mol. The number of hydrogen-bond donors (Lipinski definition) is 1. The molecule has 0 radical (unpaired) electrons. The number of hydrogen-bond acceptors (Lipinski definition) is 8. The zero-order valence-electron chi connectivity index (χ0n) is 20.4. The highest BCUT2D eigenvalue weighted by molar-refractivity contribution is 7.18. The number of rotatable bonds is 12. The van der Waals surface area contributed by atoms with Gasteiger partial charge < -0.3 is 24.4 Å². The Labute approximate surface area is 209 Å². The van der Waals surface area contributed by atoms with Gasteiger partial charge in [-0.25, -0.2) is 0 Å². The van der Waals surface area contributed by atoms with Crippen molar-refractivity contribution in [3.8, 4) is 27.8 Å². The van der Waals surface area contributed by atoms with Crippen LogP contribution in [0.2, 0.25) is 0 Å². The molecule has 0 saturated heterocycles. The summed E-state index contributed by atoms with van der Waals surface area (Å²) in [6.45, 7) is 2.86. The largest absolute Gasteiger partial charge is 0.497 e. The molecule has 2 aromatic carbocycles. The molecule has 0 bridgehead atoms. The van der Waals surface area contributed by atoms with Crippen LogP contribution in [-0.4, -0.2) is 61.3 Å². The maximum Gasteiger partial charge on any atom is 0.257 e. The van der Waals surface area contributed by atoms with Crippen LogP contribution in [-0.2, 0) is 4.79 Å². The topological polar surface area (TPSA) is 103 Å². The first kappa shape index (κ1) is 26.0. The molecule has 10 heteroatoms. The van der Waals surface area contributed by atoms with Gasteiger partial charge in [0.2, 0.25) is 11.0 Å². The lowest BCUT2D eigenvalue weighted by molar-refractivity contribution is -0.116. The lowest BCUT2D eigenvalue weighted by atomic mass is 10.1. The summed E-state index contributed by atoms with van der Waals surface area (Å²) < 4.78 is 15.8. The van der Waals surface area contributed by atoms with E-state index in [1.807, 2.05) is 24.3 Å². The van der Waals surface area contributed by atoms with E-state index < -0.39 is 0 Å². The molecule has 3 aromatic rings. The van der Waals surface area contributed by atoms with Crippen LogP contribution in [0.3, 0.4) is 0 Å². The van der Waals surface area contributed by atoms with Gasteiger partial charge in [-0.15, -0.1) is 10.2 Å². The van der Waals surface area contributed by atoms with Crippen LogP contribution < -0.4 is 19.5 Å². The van der Waals surface area contributed by atoms with E-state index in [0.717, 1.165) is 24.2 Å². The van der Waals surface area contributed by atoms with E-state index in [4.69, 9.17) is 14.2 Å². The third-order valence-electron chi connectivity index (χ3n) is 5.33. The molecule has 0 unspecified atom stereocenters. The van der Waals surface area contributed by atoms with Crippen LogP contribution in [0.5, 0.6) is 17.2 Å². The smallest absolute Gasteiger partial charge is 0.257 e. The molecule has 2 amide bonds. The highest BCUT2D eigenvalue weighted by Gasteiger charge is 2.21. The molecule has 0 aliphatic rings. The van der Waals surface area contributed by atoms with Gasteiger partial charge in [0, 0.05) is 31.1 Å². The predicted octanol–water partition coefficient (Wildman–Crippen LogP) is 4.50. The van der Waals surface area contributed by atoms with Gasteiger partial charge in [-0.1, -0.05) is 24.7 Å². The fourth-order valence-corrected chi connectivity index (χ4v) is 4.12. The first-order valence-corrected chi connectivity index (χ1v) is 12.1. The van der Waals surface area contributed by atoms with Crippen LogP contribution >= 0.6 is 11.3 Å². The van der Waals surface area contributed by atoms with Gasteiger partial charge in [0.05, 0.1) is 26.9 Å². The van der Waals surface area contributed by atoms with Gasteiger partial charge in [-0.2, -0.15) is 0 Å². The van der Waals surface area contributed by atoms with E-state index in [0.29, 0.717) is 33.7 Å². The van der Waals surface area contributed by atoms with E-state index >= 15 is 0 Å². The second-order valence-electron chi connectivity index (χ2n) is 7.65. The molecule has 35 heavy (non-hydrogen) atoms. The highest BCUT2D eigenvalue weighted by Crippen LogP contribution is 2.28. The van der Waals surface area contributed by atoms with Gasteiger partial charge in [0.15, 0.2) is 0 Å². The maximum atomic E-state index is 13.3. The minimum absolute atomic E-state index is 0.130. The SMILES string of the molecule is CCCCN(CCC(=O)Nc1nnc(-c2ccc(OC)cc2)s1)C(=O)c1ccc(OC)cc1OC. The van der Waals surface area contributed by atoms with Crippen LogP contribution in [0.25, 0.3) is 10.6 Å². The van der Waals surface area contributed by atoms with Gasteiger partial charge in [0.25, 0.3) is 5.91 Å². The fraction of sp³-hybridized carbons (Fsp3) is 0.360. The number of anilines is 1. The van der Waals surface area contributed by atoms with Crippen molar-refractivity contribution in [1.82, 2.24) is 15.1 Å². The summed E-state index contributed by atoms with van der Waals surface area (Å²) in [7, 11) is 4.68. The van der Waals surface area contributed by atoms with Gasteiger partial charge in [-0.05, 0) is 42.8 Å². The van der Waals surface area contributed by atoms with Gasteiger partial charge >= 0.3 is 0 Å². The second-order valence-corrected chi connectivity index (χ2v) is 8.63. The molecular formula is C25H30N4O5S. The number of aromatic nitrogens is 2. The zero-order chi connectivity index (χ0) is 25.2. The lowest BCUT2D eigenvalue weighted by Gasteiger charge is -2.23. The summed E-state index contributed by atoms with van der Waals surface area (Å²) in [5.74, 6) is 1.35. The molecule has 1 heterocycles. The van der Waals surface area contributed by atoms with Crippen molar-refractivity contribution in [2.75, 3.05) is 39.7 Å². The Morgan fingerprint density at radius 2 is 1.66 bits per heavy atom. The Kier molecular flexibility index (Phi) is 9.42. The number of nitrogens with one attached hydrogen (secondary N) is 1. The summed E-state index contributed by atoms with van der Waals surface area (Å²) in [6.07, 6.45) is 1.88. The zero-order valence-corrected chi connectivity index (χ0v) is 21.2. The van der Waals surface area contributed by atoms with Gasteiger partial charge in [-0.3, -0.25) is 9.59 Å². The molecule has 0 spiro atoms. The van der Waals surface area contributed by atoms with Crippen molar-refractivity contribution >= 4 is 28.3 Å². The number of carbonyl (C=O) groups is 2. The Morgan fingerprint density at radius 1 is 0.943 bits per heavy atom. The monoisotopic (exact) mass is 498 g/mol. The number of ether oxygens (including phenoxy) is 3. The summed E-state index contributed by atoms with van der Waals surface area (Å²) in [4.78, 5) is 27.5. The first-order valence-electron chi connectivity index (χ1n) is 11.3. The third-order valence-corrected chi connectivity index (χ3v) is 6.21. The van der Waals surface area contributed by atoms with Crippen molar-refractivity contribution in [2.45, 2.75) is 26.2 Å². The van der Waals surface area contributed by atoms with E-state index in [-0.39, 0.29) is 24.8 Å². The van der Waals surface area contributed by atoms with Crippen LogP contribution in [0.4, 0.5) is 5.13 Å². The predicted molar refractivity (Wildman–Crippen MR) is 136 cm³/mol. The third kappa shape index (κ3) is 6.92. The Balaban J connectivity index is 1.63. The van der Waals surface area contributed by atoms with E-state index in [2.05, 4.69) is 22.4 Å². The number of methoxy groups -OCH3 is 3. The number of benzene rings is 2. The second kappa shape index (κ2) is 12.7. The Morgan fingerprint density at radius 3 is 2.31 bits per heavy atom. The maximum absolute atomic E-state index is 13.3. The molecule has 3 rings (SSSR count). The number of nitrogens with zero attached hydrogens (tertiary/aromatic N) is 3. The molecule has 1 N–H and O–H groups in total. The molecule has 0 aliphatic heterocycles. The number of amides is 2. The Hall–Kier alpha value is -3.66. The summed E-state index contributed by atoms with van der Waals surface area (Å²) in [6, 6.07) is 12.5. The highest BCUT2D eigenvalue weighted by atomic mass is 32.1. The van der Waals surface area contributed by atoms with Gasteiger partial charge in [0.1, 0.15) is 22.3 Å². The molecule has 0 fully saturated rings. The first-order chi connectivity index (χ1) is 17.0. The minimum atomic E-state index is -0.238. The van der Waals surface area contributed by atoms with Crippen LogP contribution in [0, 0.1) is 0 Å². The summed E-state index contributed by atoms with van der Waals surface area (Å²) >= 11 is 1.28. The van der Waals surface area contributed by atoms with Crippen LogP contribution in [0.15, 0.2) is 42.5 Å². The minimum Gasteiger partial charge on any atom is -0.497 e. The van der Waals surface area contributed by atoms with Crippen molar-refractivity contribution < 1.29 is 23.8 Å². The quantitative estimate of drug-likeness (QED) is 0.392. The van der Waals surface area contributed by atoms with E-state index in [1.54, 1.807) is 37.3 Å². The average Bonchev–Trinajstić information content (AvgIpc) is 3.36. The molecular weight excluding hydrogens is 468 g/mol. The molecule has 0 aliphatic carbocycles. The Bertz CT molecular complexity index is 1130. The van der Waals surface area contributed by atoms with E-state index in [9.17, 15) is 9.59 Å².